The largest absolute Gasteiger partial charge is 0.493 e. The molecule has 0 aromatic carbocycles. The molecule has 8 nitrogen and oxygen atoms in total. The van der Waals surface area contributed by atoms with Crippen molar-refractivity contribution in [2.45, 2.75) is 13.5 Å². The van der Waals surface area contributed by atoms with Gasteiger partial charge in [0.05, 0.1) is 12.1 Å². The van der Waals surface area contributed by atoms with Crippen molar-refractivity contribution in [3.8, 4) is 5.88 Å². The second kappa shape index (κ2) is 4.32. The van der Waals surface area contributed by atoms with Crippen LogP contribution in [0.5, 0.6) is 5.88 Å². The van der Waals surface area contributed by atoms with Crippen LogP contribution < -0.4 is 16.9 Å². The first-order valence-electron chi connectivity index (χ1n) is 5.05. The molecule has 2 aromatic heterocycles. The predicted octanol–water partition coefficient (Wildman–Crippen LogP) is -1.32. The molecule has 0 atom stereocenters. The number of aryl methyl sites for hydroxylation is 1. The molecule has 94 valence electrons. The van der Waals surface area contributed by atoms with Gasteiger partial charge in [0, 0.05) is 18.0 Å². The van der Waals surface area contributed by atoms with Crippen LogP contribution in [0, 0.1) is 6.92 Å². The van der Waals surface area contributed by atoms with E-state index in [4.69, 9.17) is 0 Å². The number of rotatable bonds is 2. The quantitative estimate of drug-likeness (QED) is 0.610. The topological polar surface area (TPSA) is 121 Å². The highest BCUT2D eigenvalue weighted by Gasteiger charge is 2.07. The summed E-state index contributed by atoms with van der Waals surface area (Å²) >= 11 is 0. The van der Waals surface area contributed by atoms with E-state index in [2.05, 4.69) is 15.0 Å². The molecule has 18 heavy (non-hydrogen) atoms. The zero-order valence-electron chi connectivity index (χ0n) is 9.43. The Bertz CT molecular complexity index is 755. The number of H-pyrrole nitrogens is 2. The van der Waals surface area contributed by atoms with Gasteiger partial charge >= 0.3 is 11.4 Å². The van der Waals surface area contributed by atoms with Gasteiger partial charge in [-0.25, -0.2) is 9.59 Å². The average molecular weight is 250 g/mol. The molecule has 0 bridgehead atoms. The summed E-state index contributed by atoms with van der Waals surface area (Å²) in [4.78, 5) is 41.5. The molecule has 2 rings (SSSR count). The van der Waals surface area contributed by atoms with E-state index in [1.54, 1.807) is 6.92 Å². The monoisotopic (exact) mass is 250 g/mol. The highest BCUT2D eigenvalue weighted by atomic mass is 16.3. The minimum absolute atomic E-state index is 0.0426. The smallest absolute Gasteiger partial charge is 0.351 e. The summed E-state index contributed by atoms with van der Waals surface area (Å²) in [6, 6.07) is 0. The number of aromatic amines is 2. The summed E-state index contributed by atoms with van der Waals surface area (Å²) in [6.45, 7) is 1.54. The first kappa shape index (κ1) is 11.8. The average Bonchev–Trinajstić information content (AvgIpc) is 2.29. The van der Waals surface area contributed by atoms with Crippen LogP contribution in [-0.4, -0.2) is 24.6 Å². The molecule has 2 heterocycles. The molecule has 0 spiro atoms. The third-order valence-corrected chi connectivity index (χ3v) is 2.39. The van der Waals surface area contributed by atoms with Crippen LogP contribution in [-0.2, 0) is 6.54 Å². The number of aromatic nitrogens is 4. The second-order valence-electron chi connectivity index (χ2n) is 3.76. The lowest BCUT2D eigenvalue weighted by Gasteiger charge is -2.05. The SMILES string of the molecule is Cc1cn(Cc2c[nH]c(=O)[nH]c2=O)c(=O)nc1O. The molecular formula is C10H10N4O4. The summed E-state index contributed by atoms with van der Waals surface area (Å²) in [5.41, 5.74) is -1.24. The Morgan fingerprint density at radius 1 is 1.39 bits per heavy atom. The van der Waals surface area contributed by atoms with Gasteiger partial charge in [-0.2, -0.15) is 4.98 Å². The van der Waals surface area contributed by atoms with Crippen molar-refractivity contribution in [1.82, 2.24) is 19.5 Å². The van der Waals surface area contributed by atoms with E-state index < -0.39 is 16.9 Å². The fourth-order valence-corrected chi connectivity index (χ4v) is 1.44. The highest BCUT2D eigenvalue weighted by molar-refractivity contribution is 5.19. The maximum Gasteiger partial charge on any atom is 0.351 e. The van der Waals surface area contributed by atoms with E-state index in [-0.39, 0.29) is 18.0 Å². The lowest BCUT2D eigenvalue weighted by molar-refractivity contribution is 0.440. The molecule has 3 N–H and O–H groups in total. The molecule has 0 aliphatic heterocycles. The summed E-state index contributed by atoms with van der Waals surface area (Å²) < 4.78 is 1.16. The Kier molecular flexibility index (Phi) is 2.84. The Morgan fingerprint density at radius 2 is 2.11 bits per heavy atom. The maximum absolute atomic E-state index is 11.5. The number of nitrogens with zero attached hydrogens (tertiary/aromatic N) is 2. The van der Waals surface area contributed by atoms with Crippen LogP contribution in [0.15, 0.2) is 26.8 Å². The Hall–Kier alpha value is -2.64. The Morgan fingerprint density at radius 3 is 2.78 bits per heavy atom. The lowest BCUT2D eigenvalue weighted by Crippen LogP contribution is -2.29. The van der Waals surface area contributed by atoms with Crippen molar-refractivity contribution in [3.05, 3.63) is 54.8 Å². The zero-order chi connectivity index (χ0) is 13.3. The van der Waals surface area contributed by atoms with E-state index in [1.165, 1.54) is 12.4 Å². The predicted molar refractivity (Wildman–Crippen MR) is 61.7 cm³/mol. The van der Waals surface area contributed by atoms with Crippen LogP contribution in [0.4, 0.5) is 0 Å². The summed E-state index contributed by atoms with van der Waals surface area (Å²) in [6.07, 6.45) is 2.62. The van der Waals surface area contributed by atoms with Crippen LogP contribution >= 0.6 is 0 Å². The molecule has 0 aliphatic carbocycles. The molecule has 2 aromatic rings. The van der Waals surface area contributed by atoms with Crippen molar-refractivity contribution in [2.75, 3.05) is 0 Å². The molecular weight excluding hydrogens is 240 g/mol. The fourth-order valence-electron chi connectivity index (χ4n) is 1.44. The van der Waals surface area contributed by atoms with E-state index in [9.17, 15) is 19.5 Å². The van der Waals surface area contributed by atoms with Gasteiger partial charge < -0.3 is 10.1 Å². The molecule has 0 saturated heterocycles. The van der Waals surface area contributed by atoms with Gasteiger partial charge in [0.25, 0.3) is 5.56 Å². The Balaban J connectivity index is 2.46. The van der Waals surface area contributed by atoms with Gasteiger partial charge in [0.2, 0.25) is 5.88 Å². The van der Waals surface area contributed by atoms with Gasteiger partial charge in [0.15, 0.2) is 0 Å². The van der Waals surface area contributed by atoms with Crippen molar-refractivity contribution >= 4 is 0 Å². The van der Waals surface area contributed by atoms with Gasteiger partial charge in [-0.15, -0.1) is 0 Å². The van der Waals surface area contributed by atoms with Crippen LogP contribution in [0.3, 0.4) is 0 Å². The normalized spacial score (nSPS) is 10.5. The summed E-state index contributed by atoms with van der Waals surface area (Å²) in [7, 11) is 0. The Labute approximate surface area is 99.6 Å². The van der Waals surface area contributed by atoms with E-state index in [1.807, 2.05) is 0 Å². The molecule has 0 radical (unpaired) electrons. The number of nitrogens with one attached hydrogen (secondary N) is 2. The first-order chi connectivity index (χ1) is 8.47. The fraction of sp³-hybridized carbons (Fsp3) is 0.200. The van der Waals surface area contributed by atoms with Crippen LogP contribution in [0.1, 0.15) is 11.1 Å². The summed E-state index contributed by atoms with van der Waals surface area (Å²) in [5, 5.41) is 9.24. The van der Waals surface area contributed by atoms with E-state index in [0.717, 1.165) is 4.57 Å². The summed E-state index contributed by atoms with van der Waals surface area (Å²) in [5.74, 6) is -0.341. The highest BCUT2D eigenvalue weighted by Crippen LogP contribution is 2.07. The van der Waals surface area contributed by atoms with Gasteiger partial charge in [-0.3, -0.25) is 14.3 Å². The van der Waals surface area contributed by atoms with Crippen LogP contribution in [0.2, 0.25) is 0 Å². The van der Waals surface area contributed by atoms with E-state index in [0.29, 0.717) is 5.56 Å². The first-order valence-corrected chi connectivity index (χ1v) is 5.05. The second-order valence-corrected chi connectivity index (χ2v) is 3.76. The van der Waals surface area contributed by atoms with Crippen molar-refractivity contribution in [3.63, 3.8) is 0 Å². The lowest BCUT2D eigenvalue weighted by atomic mass is 10.3. The number of hydrogen-bond donors (Lipinski definition) is 3. The third kappa shape index (κ3) is 2.21. The third-order valence-electron chi connectivity index (χ3n) is 2.39. The minimum Gasteiger partial charge on any atom is -0.493 e. The number of hydrogen-bond acceptors (Lipinski definition) is 5. The van der Waals surface area contributed by atoms with Crippen LogP contribution in [0.25, 0.3) is 0 Å². The van der Waals surface area contributed by atoms with Gasteiger partial charge in [0.1, 0.15) is 0 Å². The van der Waals surface area contributed by atoms with Crippen molar-refractivity contribution in [2.24, 2.45) is 0 Å². The van der Waals surface area contributed by atoms with Crippen molar-refractivity contribution < 1.29 is 5.11 Å². The van der Waals surface area contributed by atoms with Gasteiger partial charge in [-0.05, 0) is 6.92 Å². The van der Waals surface area contributed by atoms with Crippen molar-refractivity contribution in [1.29, 1.82) is 0 Å². The minimum atomic E-state index is -0.677. The van der Waals surface area contributed by atoms with Gasteiger partial charge in [-0.1, -0.05) is 0 Å². The molecule has 0 aliphatic rings. The molecule has 0 fully saturated rings. The molecule has 0 amide bonds. The molecule has 0 saturated carbocycles. The number of aromatic hydroxyl groups is 1. The van der Waals surface area contributed by atoms with E-state index >= 15 is 0 Å². The molecule has 0 unspecified atom stereocenters. The zero-order valence-corrected chi connectivity index (χ0v) is 9.43. The maximum atomic E-state index is 11.5. The molecule has 8 heteroatoms. The standard InChI is InChI=1S/C10H10N4O4/c1-5-3-14(10(18)13-7(5)15)4-6-2-11-9(17)12-8(6)16/h2-3H,4H2,1H3,(H,13,15,18)(H2,11,12,16,17).